The zero-order valence-electron chi connectivity index (χ0n) is 11.3. The van der Waals surface area contributed by atoms with Crippen LogP contribution in [0.1, 0.15) is 35.4 Å². The maximum absolute atomic E-state index is 13.3. The van der Waals surface area contributed by atoms with Crippen LogP contribution in [0.3, 0.4) is 0 Å². The van der Waals surface area contributed by atoms with Gasteiger partial charge in [0.25, 0.3) is 11.7 Å². The summed E-state index contributed by atoms with van der Waals surface area (Å²) in [6.07, 6.45) is 1.54. The van der Waals surface area contributed by atoms with Gasteiger partial charge < -0.3 is 4.52 Å². The number of aromatic nitrogens is 2. The summed E-state index contributed by atoms with van der Waals surface area (Å²) in [5.41, 5.74) is 0.426. The lowest BCUT2D eigenvalue weighted by Crippen LogP contribution is -2.29. The van der Waals surface area contributed by atoms with Gasteiger partial charge in [0.2, 0.25) is 5.89 Å². The Kier molecular flexibility index (Phi) is 3.25. The average molecular weight is 289 g/mol. The van der Waals surface area contributed by atoms with Gasteiger partial charge in [-0.05, 0) is 24.6 Å². The quantitative estimate of drug-likeness (QED) is 0.803. The Balaban J connectivity index is 1.90. The van der Waals surface area contributed by atoms with Gasteiger partial charge in [-0.1, -0.05) is 12.1 Å². The third-order valence-corrected chi connectivity index (χ3v) is 3.21. The Labute approximate surface area is 119 Å². The Bertz CT molecular complexity index is 726. The van der Waals surface area contributed by atoms with Gasteiger partial charge in [0.1, 0.15) is 12.4 Å². The molecule has 3 rings (SSSR count). The van der Waals surface area contributed by atoms with Crippen LogP contribution in [0.5, 0.6) is 0 Å². The molecule has 0 fully saturated rings. The number of fused-ring (bicyclic) bond motifs is 1. The van der Waals surface area contributed by atoms with Crippen LogP contribution in [0.15, 0.2) is 22.7 Å². The molecular weight excluding hydrogens is 277 g/mol. The van der Waals surface area contributed by atoms with Gasteiger partial charge in [-0.25, -0.2) is 4.39 Å². The molecule has 0 saturated carbocycles. The van der Waals surface area contributed by atoms with Crippen molar-refractivity contribution in [2.45, 2.75) is 26.3 Å². The van der Waals surface area contributed by atoms with E-state index in [1.54, 1.807) is 0 Å². The first-order chi connectivity index (χ1) is 10.1. The first-order valence-corrected chi connectivity index (χ1v) is 6.57. The molecular formula is C14H12FN3O3. The summed E-state index contributed by atoms with van der Waals surface area (Å²) in [5.74, 6) is -1.12. The van der Waals surface area contributed by atoms with Crippen molar-refractivity contribution >= 4 is 17.4 Å². The van der Waals surface area contributed by atoms with E-state index >= 15 is 0 Å². The normalized spacial score (nSPS) is 13.9. The number of benzene rings is 1. The van der Waals surface area contributed by atoms with Crippen molar-refractivity contribution < 1.29 is 18.5 Å². The molecule has 0 spiro atoms. The molecule has 21 heavy (non-hydrogen) atoms. The highest BCUT2D eigenvalue weighted by molar-refractivity contribution is 6.52. The van der Waals surface area contributed by atoms with Crippen LogP contribution in [0.25, 0.3) is 0 Å². The van der Waals surface area contributed by atoms with E-state index in [1.165, 1.54) is 6.07 Å². The third kappa shape index (κ3) is 2.31. The zero-order valence-corrected chi connectivity index (χ0v) is 11.3. The number of halogens is 1. The molecule has 0 radical (unpaired) electrons. The van der Waals surface area contributed by atoms with E-state index in [9.17, 15) is 14.0 Å². The van der Waals surface area contributed by atoms with Gasteiger partial charge in [-0.15, -0.1) is 0 Å². The van der Waals surface area contributed by atoms with E-state index in [-0.39, 0.29) is 23.7 Å². The summed E-state index contributed by atoms with van der Waals surface area (Å²) in [5, 5.41) is 3.78. The van der Waals surface area contributed by atoms with Gasteiger partial charge in [0.15, 0.2) is 5.82 Å². The molecule has 6 nitrogen and oxygen atoms in total. The summed E-state index contributed by atoms with van der Waals surface area (Å²) >= 11 is 0. The van der Waals surface area contributed by atoms with Crippen LogP contribution >= 0.6 is 0 Å². The molecule has 0 N–H and O–H groups in total. The largest absolute Gasteiger partial charge is 0.337 e. The van der Waals surface area contributed by atoms with Gasteiger partial charge in [-0.2, -0.15) is 4.98 Å². The van der Waals surface area contributed by atoms with E-state index in [0.29, 0.717) is 12.2 Å². The Morgan fingerprint density at radius 2 is 2.14 bits per heavy atom. The van der Waals surface area contributed by atoms with E-state index < -0.39 is 17.5 Å². The van der Waals surface area contributed by atoms with Crippen LogP contribution in [-0.4, -0.2) is 21.8 Å². The Morgan fingerprint density at radius 3 is 2.90 bits per heavy atom. The lowest BCUT2D eigenvalue weighted by Gasteiger charge is -2.13. The number of carbonyl (C=O) groups excluding carboxylic acids is 2. The Hall–Kier alpha value is -2.57. The van der Waals surface area contributed by atoms with E-state index in [1.807, 2.05) is 6.92 Å². The summed E-state index contributed by atoms with van der Waals surface area (Å²) < 4.78 is 18.4. The monoisotopic (exact) mass is 289 g/mol. The van der Waals surface area contributed by atoms with Crippen molar-refractivity contribution in [1.82, 2.24) is 10.1 Å². The summed E-state index contributed by atoms with van der Waals surface area (Å²) in [6.45, 7) is 1.94. The minimum atomic E-state index is -0.717. The zero-order chi connectivity index (χ0) is 15.0. The van der Waals surface area contributed by atoms with Gasteiger partial charge in [0, 0.05) is 6.42 Å². The minimum absolute atomic E-state index is 0.0439. The van der Waals surface area contributed by atoms with Gasteiger partial charge >= 0.3 is 0 Å². The molecule has 108 valence electrons. The highest BCUT2D eigenvalue weighted by Gasteiger charge is 2.36. The second-order valence-electron chi connectivity index (χ2n) is 4.74. The summed E-state index contributed by atoms with van der Waals surface area (Å²) in [6, 6.07) is 3.61. The van der Waals surface area contributed by atoms with Crippen molar-refractivity contribution in [3.05, 3.63) is 41.3 Å². The van der Waals surface area contributed by atoms with Gasteiger partial charge in [-0.3, -0.25) is 14.5 Å². The molecule has 1 aliphatic rings. The van der Waals surface area contributed by atoms with Crippen LogP contribution in [-0.2, 0) is 17.8 Å². The molecule has 1 amide bonds. The molecule has 1 aliphatic heterocycles. The number of Topliss-reactive ketones (excluding diaryl/α,β-unsaturated/α-hetero) is 1. The summed E-state index contributed by atoms with van der Waals surface area (Å²) in [7, 11) is 0. The Morgan fingerprint density at radius 1 is 1.33 bits per heavy atom. The number of anilines is 1. The maximum atomic E-state index is 13.3. The number of amides is 1. The third-order valence-electron chi connectivity index (χ3n) is 3.21. The maximum Gasteiger partial charge on any atom is 0.299 e. The molecule has 2 aromatic rings. The number of ketones is 1. The molecule has 7 heteroatoms. The van der Waals surface area contributed by atoms with Crippen molar-refractivity contribution in [1.29, 1.82) is 0 Å². The van der Waals surface area contributed by atoms with Crippen LogP contribution in [0.4, 0.5) is 10.1 Å². The average Bonchev–Trinajstić information content (AvgIpc) is 2.99. The van der Waals surface area contributed by atoms with Crippen molar-refractivity contribution in [3.8, 4) is 0 Å². The standard InChI is InChI=1S/C14H12FN3O3/c1-2-3-11-16-12(21-17-11)7-18-10-6-8(15)4-5-9(10)13(19)14(18)20/h4-6H,2-3,7H2,1H3. The second-order valence-corrected chi connectivity index (χ2v) is 4.74. The molecule has 0 saturated heterocycles. The highest BCUT2D eigenvalue weighted by Crippen LogP contribution is 2.30. The smallest absolute Gasteiger partial charge is 0.299 e. The molecule has 2 heterocycles. The fourth-order valence-corrected chi connectivity index (χ4v) is 2.24. The van der Waals surface area contributed by atoms with E-state index in [0.717, 1.165) is 23.5 Å². The number of aryl methyl sites for hydroxylation is 1. The number of hydrogen-bond donors (Lipinski definition) is 0. The predicted octanol–water partition coefficient (Wildman–Crippen LogP) is 1.89. The first kappa shape index (κ1) is 13.4. The van der Waals surface area contributed by atoms with Crippen LogP contribution < -0.4 is 4.90 Å². The molecule has 0 unspecified atom stereocenters. The highest BCUT2D eigenvalue weighted by atomic mass is 19.1. The second kappa shape index (κ2) is 5.08. The number of nitrogens with zero attached hydrogens (tertiary/aromatic N) is 3. The molecule has 0 atom stereocenters. The molecule has 0 aliphatic carbocycles. The fourth-order valence-electron chi connectivity index (χ4n) is 2.24. The topological polar surface area (TPSA) is 76.3 Å². The molecule has 0 bridgehead atoms. The minimum Gasteiger partial charge on any atom is -0.337 e. The number of hydrogen-bond acceptors (Lipinski definition) is 5. The van der Waals surface area contributed by atoms with E-state index in [2.05, 4.69) is 10.1 Å². The van der Waals surface area contributed by atoms with Crippen molar-refractivity contribution in [2.24, 2.45) is 0 Å². The predicted molar refractivity (Wildman–Crippen MR) is 70.2 cm³/mol. The summed E-state index contributed by atoms with van der Waals surface area (Å²) in [4.78, 5) is 29.1. The molecule has 1 aromatic heterocycles. The van der Waals surface area contributed by atoms with Crippen LogP contribution in [0.2, 0.25) is 0 Å². The van der Waals surface area contributed by atoms with Crippen molar-refractivity contribution in [3.63, 3.8) is 0 Å². The van der Waals surface area contributed by atoms with Crippen LogP contribution in [0, 0.1) is 5.82 Å². The van der Waals surface area contributed by atoms with E-state index in [4.69, 9.17) is 4.52 Å². The lowest BCUT2D eigenvalue weighted by atomic mass is 10.1. The first-order valence-electron chi connectivity index (χ1n) is 6.57. The SMILES string of the molecule is CCCc1noc(CN2C(=O)C(=O)c3ccc(F)cc32)n1. The lowest BCUT2D eigenvalue weighted by molar-refractivity contribution is -0.114. The molecule has 1 aromatic carbocycles. The van der Waals surface area contributed by atoms with Crippen molar-refractivity contribution in [2.75, 3.05) is 4.90 Å². The fraction of sp³-hybridized carbons (Fsp3) is 0.286. The van der Waals surface area contributed by atoms with Gasteiger partial charge in [0.05, 0.1) is 11.3 Å². The number of carbonyl (C=O) groups is 2. The number of rotatable bonds is 4.